The summed E-state index contributed by atoms with van der Waals surface area (Å²) < 4.78 is 0. The molecule has 2 unspecified atom stereocenters. The maximum Gasteiger partial charge on any atom is 0.191 e. The highest BCUT2D eigenvalue weighted by molar-refractivity contribution is 5.87. The van der Waals surface area contributed by atoms with E-state index in [1.165, 1.54) is 148 Å². The number of allylic oxidation sites excluding steroid dienone is 3. The normalized spacial score (nSPS) is 14.7. The zero-order valence-electron chi connectivity index (χ0n) is 31.4. The number of aliphatic hydroxyl groups is 3. The zero-order chi connectivity index (χ0) is 34.6. The molecule has 0 spiro atoms. The van der Waals surface area contributed by atoms with Crippen molar-refractivity contribution in [2.75, 3.05) is 0 Å². The van der Waals surface area contributed by atoms with Crippen LogP contribution < -0.4 is 5.73 Å². The lowest BCUT2D eigenvalue weighted by Crippen LogP contribution is -2.50. The smallest absolute Gasteiger partial charge is 0.191 e. The number of aliphatic hydroxyl groups excluding tert-OH is 3. The molecule has 47 heavy (non-hydrogen) atoms. The Bertz CT molecular complexity index is 709. The fourth-order valence-electron chi connectivity index (χ4n) is 6.30. The number of carbonyl (C=O) groups is 1. The van der Waals surface area contributed by atoms with Crippen LogP contribution in [0.2, 0.25) is 0 Å². The van der Waals surface area contributed by atoms with Crippen molar-refractivity contribution in [2.45, 2.75) is 237 Å². The van der Waals surface area contributed by atoms with E-state index in [4.69, 9.17) is 5.73 Å². The molecule has 0 rings (SSSR count). The van der Waals surface area contributed by atoms with Gasteiger partial charge in [0.15, 0.2) is 5.78 Å². The lowest BCUT2D eigenvalue weighted by atomic mass is 9.95. The van der Waals surface area contributed by atoms with E-state index in [9.17, 15) is 20.1 Å². The Morgan fingerprint density at radius 3 is 1.19 bits per heavy atom. The molecule has 4 atom stereocenters. The van der Waals surface area contributed by atoms with E-state index in [0.717, 1.165) is 44.9 Å². The number of hydrogen-bond donors (Lipinski definition) is 4. The second-order valence-corrected chi connectivity index (χ2v) is 14.3. The molecule has 0 amide bonds. The van der Waals surface area contributed by atoms with E-state index in [1.54, 1.807) is 6.08 Å². The number of rotatable bonds is 37. The first-order valence-electron chi connectivity index (χ1n) is 20.6. The van der Waals surface area contributed by atoms with Gasteiger partial charge in [-0.05, 0) is 44.9 Å². The summed E-state index contributed by atoms with van der Waals surface area (Å²) in [5, 5.41) is 31.0. The Hall–Kier alpha value is -1.01. The number of ketones is 1. The van der Waals surface area contributed by atoms with E-state index < -0.39 is 30.1 Å². The van der Waals surface area contributed by atoms with Gasteiger partial charge in [0.05, 0.1) is 12.1 Å². The number of unbranched alkanes of at least 4 members (excludes halogenated alkanes) is 27. The van der Waals surface area contributed by atoms with Crippen molar-refractivity contribution < 1.29 is 20.1 Å². The Kier molecular flexibility index (Phi) is 35.5. The van der Waals surface area contributed by atoms with E-state index in [1.807, 2.05) is 6.08 Å². The van der Waals surface area contributed by atoms with E-state index in [2.05, 4.69) is 26.0 Å². The Balaban J connectivity index is 3.71. The molecule has 0 fully saturated rings. The maximum absolute atomic E-state index is 12.5. The van der Waals surface area contributed by atoms with Gasteiger partial charge in [-0.2, -0.15) is 0 Å². The molecule has 5 heteroatoms. The summed E-state index contributed by atoms with van der Waals surface area (Å²) in [6.45, 7) is 4.53. The lowest BCUT2D eigenvalue weighted by molar-refractivity contribution is -0.138. The summed E-state index contributed by atoms with van der Waals surface area (Å²) >= 11 is 0. The van der Waals surface area contributed by atoms with Crippen molar-refractivity contribution in [3.05, 3.63) is 24.3 Å². The molecular formula is C42H81NO4. The molecule has 0 aliphatic rings. The van der Waals surface area contributed by atoms with Crippen LogP contribution in [-0.4, -0.2) is 45.5 Å². The van der Waals surface area contributed by atoms with Crippen LogP contribution in [0.5, 0.6) is 0 Å². The fraction of sp³-hybridized carbons (Fsp3) is 0.881. The molecule has 5 nitrogen and oxygen atoms in total. The van der Waals surface area contributed by atoms with Crippen molar-refractivity contribution in [3.63, 3.8) is 0 Å². The Morgan fingerprint density at radius 1 is 0.489 bits per heavy atom. The number of nitrogens with two attached hydrogens (primary N) is 1. The SMILES string of the molecule is CCCCCCCCCCCCC/C=C/[C@@H](O)[C@@H](N)C(O)C(=O)C(O)CCCCCCC=CCCCCCCCCCCCCCC. The molecular weight excluding hydrogens is 582 g/mol. The monoisotopic (exact) mass is 664 g/mol. The average molecular weight is 664 g/mol. The minimum Gasteiger partial charge on any atom is -0.387 e. The quantitative estimate of drug-likeness (QED) is 0.0391. The van der Waals surface area contributed by atoms with Gasteiger partial charge in [-0.25, -0.2) is 0 Å². The third-order valence-corrected chi connectivity index (χ3v) is 9.68. The lowest BCUT2D eigenvalue weighted by Gasteiger charge is -2.23. The third kappa shape index (κ3) is 30.8. The molecule has 0 saturated heterocycles. The Labute approximate surface area is 292 Å². The predicted octanol–water partition coefficient (Wildman–Crippen LogP) is 11.2. The molecule has 0 aliphatic heterocycles. The molecule has 0 saturated carbocycles. The van der Waals surface area contributed by atoms with Gasteiger partial charge in [-0.15, -0.1) is 0 Å². The van der Waals surface area contributed by atoms with E-state index in [0.29, 0.717) is 6.42 Å². The minimum absolute atomic E-state index is 0.322. The first kappa shape index (κ1) is 46.0. The third-order valence-electron chi connectivity index (χ3n) is 9.68. The minimum atomic E-state index is -1.57. The summed E-state index contributed by atoms with van der Waals surface area (Å²) in [6.07, 6.45) is 42.3. The first-order chi connectivity index (χ1) is 23.0. The standard InChI is InChI=1S/C42H81NO4/c1-3-5-7-9-11-13-15-17-18-19-20-21-22-23-25-27-29-31-33-35-37-39(45)41(46)42(47)40(43)38(44)36-34-32-30-28-26-24-16-14-12-10-8-6-4-2/h23,25,34,36,38-40,42,44-45,47H,3-22,24,26-33,35,37,43H2,1-2H3/b25-23?,36-34+/t38-,39?,40-,42?/m1/s1. The molecule has 5 N–H and O–H groups in total. The largest absolute Gasteiger partial charge is 0.387 e. The van der Waals surface area contributed by atoms with Crippen LogP contribution in [0.4, 0.5) is 0 Å². The molecule has 278 valence electrons. The summed E-state index contributed by atoms with van der Waals surface area (Å²) in [6, 6.07) is -1.13. The molecule has 0 aromatic rings. The maximum atomic E-state index is 12.5. The van der Waals surface area contributed by atoms with E-state index >= 15 is 0 Å². The Morgan fingerprint density at radius 2 is 0.809 bits per heavy atom. The molecule has 0 bridgehead atoms. The number of Topliss-reactive ketones (excluding diaryl/α,β-unsaturated/α-hetero) is 1. The van der Waals surface area contributed by atoms with Crippen molar-refractivity contribution in [2.24, 2.45) is 5.73 Å². The van der Waals surface area contributed by atoms with Crippen LogP contribution in [0.15, 0.2) is 24.3 Å². The van der Waals surface area contributed by atoms with Gasteiger partial charge in [0.25, 0.3) is 0 Å². The predicted molar refractivity (Wildman–Crippen MR) is 204 cm³/mol. The van der Waals surface area contributed by atoms with Crippen LogP contribution in [0.1, 0.15) is 213 Å². The molecule has 0 heterocycles. The van der Waals surface area contributed by atoms with Crippen LogP contribution in [0.25, 0.3) is 0 Å². The van der Waals surface area contributed by atoms with Gasteiger partial charge in [-0.1, -0.05) is 192 Å². The average Bonchev–Trinajstić information content (AvgIpc) is 3.08. The van der Waals surface area contributed by atoms with Crippen molar-refractivity contribution in [1.82, 2.24) is 0 Å². The zero-order valence-corrected chi connectivity index (χ0v) is 31.4. The first-order valence-corrected chi connectivity index (χ1v) is 20.6. The highest BCUT2D eigenvalue weighted by atomic mass is 16.3. The van der Waals surface area contributed by atoms with Gasteiger partial charge in [-0.3, -0.25) is 4.79 Å². The van der Waals surface area contributed by atoms with Gasteiger partial charge < -0.3 is 21.1 Å². The number of carbonyl (C=O) groups excluding carboxylic acids is 1. The summed E-state index contributed by atoms with van der Waals surface area (Å²) in [4.78, 5) is 12.5. The van der Waals surface area contributed by atoms with Gasteiger partial charge in [0.2, 0.25) is 0 Å². The van der Waals surface area contributed by atoms with Crippen LogP contribution in [-0.2, 0) is 4.79 Å². The van der Waals surface area contributed by atoms with Gasteiger partial charge in [0, 0.05) is 0 Å². The molecule has 0 aromatic carbocycles. The van der Waals surface area contributed by atoms with Crippen LogP contribution in [0.3, 0.4) is 0 Å². The summed E-state index contributed by atoms with van der Waals surface area (Å²) in [7, 11) is 0. The molecule has 0 aromatic heterocycles. The van der Waals surface area contributed by atoms with Crippen molar-refractivity contribution in [1.29, 1.82) is 0 Å². The van der Waals surface area contributed by atoms with Crippen LogP contribution >= 0.6 is 0 Å². The van der Waals surface area contributed by atoms with Crippen molar-refractivity contribution in [3.8, 4) is 0 Å². The van der Waals surface area contributed by atoms with E-state index in [-0.39, 0.29) is 0 Å². The molecule has 0 aliphatic carbocycles. The fourth-order valence-corrected chi connectivity index (χ4v) is 6.30. The summed E-state index contributed by atoms with van der Waals surface area (Å²) in [5.74, 6) is -0.684. The van der Waals surface area contributed by atoms with Gasteiger partial charge in [0.1, 0.15) is 12.2 Å². The summed E-state index contributed by atoms with van der Waals surface area (Å²) in [5.41, 5.74) is 5.96. The van der Waals surface area contributed by atoms with Crippen LogP contribution in [0, 0.1) is 0 Å². The highest BCUT2D eigenvalue weighted by Crippen LogP contribution is 2.15. The second kappa shape index (κ2) is 36.3. The van der Waals surface area contributed by atoms with Gasteiger partial charge >= 0.3 is 0 Å². The topological polar surface area (TPSA) is 104 Å². The highest BCUT2D eigenvalue weighted by Gasteiger charge is 2.31. The van der Waals surface area contributed by atoms with Crippen molar-refractivity contribution >= 4 is 5.78 Å². The number of hydrogen-bond acceptors (Lipinski definition) is 5. The molecule has 0 radical (unpaired) electrons. The second-order valence-electron chi connectivity index (χ2n) is 14.3.